The first kappa shape index (κ1) is 25.2. The third kappa shape index (κ3) is 10.3. The van der Waals surface area contributed by atoms with Crippen LogP contribution in [0, 0.1) is 0 Å². The van der Waals surface area contributed by atoms with Crippen molar-refractivity contribution in [2.24, 2.45) is 0 Å². The summed E-state index contributed by atoms with van der Waals surface area (Å²) in [4.78, 5) is 22.6. The van der Waals surface area contributed by atoms with E-state index in [0.717, 1.165) is 25.7 Å². The van der Waals surface area contributed by atoms with Crippen molar-refractivity contribution in [3.05, 3.63) is 69.0 Å². The van der Waals surface area contributed by atoms with E-state index in [-0.39, 0.29) is 11.5 Å². The highest BCUT2D eigenvalue weighted by atomic mass is 16.5. The molecule has 2 rings (SSSR count). The number of hydrogen-bond acceptors (Lipinski definition) is 6. The van der Waals surface area contributed by atoms with Gasteiger partial charge in [0.2, 0.25) is 10.9 Å². The lowest BCUT2D eigenvalue weighted by atomic mass is 10.1. The lowest BCUT2D eigenvalue weighted by molar-refractivity contribution is 0.303. The molecule has 0 radical (unpaired) electrons. The van der Waals surface area contributed by atoms with Gasteiger partial charge in [0, 0.05) is 0 Å². The van der Waals surface area contributed by atoms with Gasteiger partial charge >= 0.3 is 0 Å². The van der Waals surface area contributed by atoms with Crippen LogP contribution in [0.2, 0.25) is 0 Å². The maximum Gasteiger partial charge on any atom is 0.220 e. The normalized spacial score (nSPS) is 10.6. The zero-order valence-electron chi connectivity index (χ0n) is 18.6. The molecule has 6 nitrogen and oxygen atoms in total. The molecule has 0 bridgehead atoms. The predicted octanol–water partition coefficient (Wildman–Crippen LogP) is 5.18. The van der Waals surface area contributed by atoms with E-state index in [1.165, 1.54) is 62.8 Å². The largest absolute Gasteiger partial charge is 0.504 e. The monoisotopic (exact) mass is 442 g/mol. The Morgan fingerprint density at radius 2 is 0.781 bits per heavy atom. The summed E-state index contributed by atoms with van der Waals surface area (Å²) in [6.07, 6.45) is 11.5. The summed E-state index contributed by atoms with van der Waals surface area (Å²) in [5.41, 5.74) is -0.812. The van der Waals surface area contributed by atoms with Gasteiger partial charge in [-0.2, -0.15) is 0 Å². The predicted molar refractivity (Wildman–Crippen MR) is 126 cm³/mol. The van der Waals surface area contributed by atoms with Crippen molar-refractivity contribution in [3.63, 3.8) is 0 Å². The zero-order chi connectivity index (χ0) is 23.0. The molecule has 174 valence electrons. The van der Waals surface area contributed by atoms with E-state index >= 15 is 0 Å². The molecule has 0 aliphatic carbocycles. The fourth-order valence-corrected chi connectivity index (χ4v) is 3.27. The van der Waals surface area contributed by atoms with Gasteiger partial charge < -0.3 is 19.7 Å². The van der Waals surface area contributed by atoms with Crippen LogP contribution in [0.5, 0.6) is 23.0 Å². The topological polar surface area (TPSA) is 93.1 Å². The van der Waals surface area contributed by atoms with Crippen LogP contribution < -0.4 is 20.3 Å². The molecule has 0 saturated carbocycles. The third-order valence-electron chi connectivity index (χ3n) is 5.19. The Bertz CT molecular complexity index is 851. The first-order valence-corrected chi connectivity index (χ1v) is 11.5. The average molecular weight is 443 g/mol. The molecule has 0 unspecified atom stereocenters. The van der Waals surface area contributed by atoms with Crippen LogP contribution in [0.25, 0.3) is 0 Å². The van der Waals surface area contributed by atoms with E-state index in [1.54, 1.807) is 24.3 Å². The van der Waals surface area contributed by atoms with Gasteiger partial charge in [0.15, 0.2) is 11.5 Å². The van der Waals surface area contributed by atoms with Gasteiger partial charge in [-0.25, -0.2) is 0 Å². The van der Waals surface area contributed by atoms with Gasteiger partial charge in [0.05, 0.1) is 13.2 Å². The molecule has 2 N–H and O–H groups in total. The van der Waals surface area contributed by atoms with Crippen molar-refractivity contribution < 1.29 is 19.7 Å². The molecule has 0 amide bonds. The molecule has 6 heteroatoms. The molecule has 2 aromatic rings. The quantitative estimate of drug-likeness (QED) is 0.369. The van der Waals surface area contributed by atoms with E-state index in [1.807, 2.05) is 0 Å². The van der Waals surface area contributed by atoms with Crippen LogP contribution in [0.4, 0.5) is 0 Å². The van der Waals surface area contributed by atoms with Crippen molar-refractivity contribution in [1.82, 2.24) is 0 Å². The second kappa shape index (κ2) is 14.9. The van der Waals surface area contributed by atoms with Crippen molar-refractivity contribution in [3.8, 4) is 23.0 Å². The molecule has 0 atom stereocenters. The molecule has 0 aromatic heterocycles. The highest BCUT2D eigenvalue weighted by Crippen LogP contribution is 2.14. The lowest BCUT2D eigenvalue weighted by Crippen LogP contribution is -1.97. The Hall–Kier alpha value is -3.02. The minimum atomic E-state index is -0.406. The second-order valence-electron chi connectivity index (χ2n) is 7.87. The summed E-state index contributed by atoms with van der Waals surface area (Å²) in [6.45, 7) is 1.23. The summed E-state index contributed by atoms with van der Waals surface area (Å²) in [7, 11) is 0. The van der Waals surface area contributed by atoms with Crippen molar-refractivity contribution >= 4 is 0 Å². The lowest BCUT2D eigenvalue weighted by Gasteiger charge is -2.06. The van der Waals surface area contributed by atoms with Gasteiger partial charge in [-0.1, -0.05) is 51.4 Å². The standard InChI is InChI=1S/C26H34O6/c27-23-15-11-21(12-16-24(23)28)31-19-9-7-5-3-1-2-4-6-8-10-20-32-22-13-17-25(29)26(30)18-14-22/h11-18H,1-10,19-20H2,(H,27,28)(H,29,30). The average Bonchev–Trinajstić information content (AvgIpc) is 3.05. The SMILES string of the molecule is O=c1ccc(OCCCCCCCCCCCCOc2ccc(O)c(=O)cc2)ccc1O. The molecule has 0 spiro atoms. The van der Waals surface area contributed by atoms with Crippen LogP contribution in [-0.4, -0.2) is 23.4 Å². The third-order valence-corrected chi connectivity index (χ3v) is 5.19. The molecule has 32 heavy (non-hydrogen) atoms. The Labute approximate surface area is 189 Å². The van der Waals surface area contributed by atoms with Crippen LogP contribution in [0.3, 0.4) is 0 Å². The maximum atomic E-state index is 11.3. The molecule has 0 aliphatic rings. The number of hydrogen-bond donors (Lipinski definition) is 2. The second-order valence-corrected chi connectivity index (χ2v) is 7.87. The fourth-order valence-electron chi connectivity index (χ4n) is 3.27. The Balaban J connectivity index is 1.39. The minimum Gasteiger partial charge on any atom is -0.504 e. The molecular weight excluding hydrogens is 408 g/mol. The van der Waals surface area contributed by atoms with Crippen molar-refractivity contribution in [1.29, 1.82) is 0 Å². The Morgan fingerprint density at radius 3 is 1.16 bits per heavy atom. The molecular formula is C26H34O6. The maximum absolute atomic E-state index is 11.3. The fraction of sp³-hybridized carbons (Fsp3) is 0.462. The highest BCUT2D eigenvalue weighted by molar-refractivity contribution is 5.28. The molecule has 2 aromatic carbocycles. The van der Waals surface area contributed by atoms with E-state index in [2.05, 4.69) is 0 Å². The number of unbranched alkanes of at least 4 members (excludes halogenated alkanes) is 9. The van der Waals surface area contributed by atoms with Gasteiger partial charge in [-0.05, 0) is 61.4 Å². The van der Waals surface area contributed by atoms with Gasteiger partial charge in [-0.15, -0.1) is 0 Å². The Morgan fingerprint density at radius 1 is 0.469 bits per heavy atom. The van der Waals surface area contributed by atoms with E-state index < -0.39 is 10.9 Å². The van der Waals surface area contributed by atoms with Crippen LogP contribution in [-0.2, 0) is 0 Å². The smallest absolute Gasteiger partial charge is 0.220 e. The Kier molecular flexibility index (Phi) is 11.7. The van der Waals surface area contributed by atoms with E-state index in [0.29, 0.717) is 24.7 Å². The number of ether oxygens (including phenoxy) is 2. The van der Waals surface area contributed by atoms with Crippen LogP contribution >= 0.6 is 0 Å². The molecule has 0 fully saturated rings. The summed E-state index contributed by atoms with van der Waals surface area (Å²) in [6, 6.07) is 11.8. The summed E-state index contributed by atoms with van der Waals surface area (Å²) < 4.78 is 11.3. The minimum absolute atomic E-state index is 0.267. The summed E-state index contributed by atoms with van der Waals surface area (Å²) in [5.74, 6) is 0.663. The number of aromatic hydroxyl groups is 2. The molecule has 0 saturated heterocycles. The highest BCUT2D eigenvalue weighted by Gasteiger charge is 1.98. The number of rotatable bonds is 15. The van der Waals surface area contributed by atoms with Crippen molar-refractivity contribution in [2.75, 3.05) is 13.2 Å². The first-order chi connectivity index (χ1) is 15.6. The first-order valence-electron chi connectivity index (χ1n) is 11.5. The zero-order valence-corrected chi connectivity index (χ0v) is 18.6. The van der Waals surface area contributed by atoms with Crippen LogP contribution in [0.1, 0.15) is 64.2 Å². The van der Waals surface area contributed by atoms with E-state index in [9.17, 15) is 19.8 Å². The van der Waals surface area contributed by atoms with E-state index in [4.69, 9.17) is 9.47 Å². The van der Waals surface area contributed by atoms with Gasteiger partial charge in [0.25, 0.3) is 0 Å². The van der Waals surface area contributed by atoms with Gasteiger partial charge in [-0.3, -0.25) is 9.59 Å². The van der Waals surface area contributed by atoms with Crippen molar-refractivity contribution in [2.45, 2.75) is 64.2 Å². The summed E-state index contributed by atoms with van der Waals surface area (Å²) >= 11 is 0. The summed E-state index contributed by atoms with van der Waals surface area (Å²) in [5, 5.41) is 18.7. The molecule has 0 heterocycles. The van der Waals surface area contributed by atoms with Crippen LogP contribution in [0.15, 0.2) is 58.1 Å². The van der Waals surface area contributed by atoms with Gasteiger partial charge in [0.1, 0.15) is 11.5 Å². The molecule has 0 aliphatic heterocycles.